The molecule has 14 aromatic rings. The molecule has 148 heavy (non-hydrogen) atoms. The lowest BCUT2D eigenvalue weighted by Crippen LogP contribution is -2.50. The highest BCUT2D eigenvalue weighted by Crippen LogP contribution is 2.37. The van der Waals surface area contributed by atoms with Gasteiger partial charge >= 0.3 is 42.0 Å². The Morgan fingerprint density at radius 1 is 0.426 bits per heavy atom. The number of pyridine rings is 2. The number of ketones is 2. The minimum absolute atomic E-state index is 0. The van der Waals surface area contributed by atoms with Crippen molar-refractivity contribution in [3.05, 3.63) is 218 Å². The van der Waals surface area contributed by atoms with Crippen molar-refractivity contribution < 1.29 is 90.3 Å². The molecule has 4 fully saturated rings. The predicted octanol–water partition coefficient (Wildman–Crippen LogP) is 12.8. The summed E-state index contributed by atoms with van der Waals surface area (Å²) in [5, 5.41) is 48.4. The number of carboxylic acids is 1. The fourth-order valence-electron chi connectivity index (χ4n) is 16.0. The highest BCUT2D eigenvalue weighted by atomic mass is 79.9. The fourth-order valence-corrected chi connectivity index (χ4v) is 16.2. The van der Waals surface area contributed by atoms with E-state index in [1.54, 1.807) is 50.8 Å². The summed E-state index contributed by atoms with van der Waals surface area (Å²) < 4.78 is 66.8. The van der Waals surface area contributed by atoms with E-state index in [1.807, 2.05) is 176 Å². The van der Waals surface area contributed by atoms with Gasteiger partial charge in [-0.25, -0.2) is 42.5 Å². The minimum atomic E-state index is -1.66. The lowest BCUT2D eigenvalue weighted by atomic mass is 10.1. The van der Waals surface area contributed by atoms with Gasteiger partial charge in [0.15, 0.2) is 23.3 Å². The summed E-state index contributed by atoms with van der Waals surface area (Å²) in [5.74, 6) is -6.66. The Balaban J connectivity index is 0.000000176. The molecule has 4 aliphatic heterocycles. The molecule has 3 amide bonds. The van der Waals surface area contributed by atoms with E-state index in [-0.39, 0.29) is 129 Å². The smallest absolute Gasteiger partial charge is 0.410 e. The second kappa shape index (κ2) is 52.9. The molecule has 43 nitrogen and oxygen atoms in total. The van der Waals surface area contributed by atoms with Gasteiger partial charge in [0.1, 0.15) is 53.2 Å². The van der Waals surface area contributed by atoms with Crippen molar-refractivity contribution in [3.63, 3.8) is 0 Å². The third-order valence-corrected chi connectivity index (χ3v) is 23.1. The van der Waals surface area contributed by atoms with Crippen LogP contribution in [0.2, 0.25) is 0 Å². The molecule has 5 N–H and O–H groups in total. The number of hydrogen-bond acceptors (Lipinski definition) is 31. The molecule has 0 aliphatic carbocycles. The van der Waals surface area contributed by atoms with E-state index < -0.39 is 52.2 Å². The minimum Gasteiger partial charge on any atom is -0.475 e. The Labute approximate surface area is 861 Å². The van der Waals surface area contributed by atoms with Gasteiger partial charge in [-0.15, -0.1) is 10.2 Å². The summed E-state index contributed by atoms with van der Waals surface area (Å²) in [5.41, 5.74) is 10.4. The molecule has 4 saturated heterocycles. The molecular weight excluding hydrogens is 1980 g/mol. The van der Waals surface area contributed by atoms with E-state index in [0.29, 0.717) is 83.2 Å². The van der Waals surface area contributed by atoms with Crippen molar-refractivity contribution in [1.82, 2.24) is 109 Å². The number of H-pyrrole nitrogens is 3. The van der Waals surface area contributed by atoms with Crippen LogP contribution in [0, 0.1) is 11.6 Å². The van der Waals surface area contributed by atoms with Crippen molar-refractivity contribution in [3.8, 4) is 56.7 Å². The van der Waals surface area contributed by atoms with Crippen molar-refractivity contribution in [1.29, 1.82) is 0 Å². The van der Waals surface area contributed by atoms with Gasteiger partial charge in [-0.3, -0.25) is 52.7 Å². The SMILES string of the molecule is C.C.CC(C)(C)OC(=O)N1CCN(c2cn[nH]c2-c2ccccc2)CC1.CCOC(=O)CBr.CCOC(=O)Cn1cc(N2CCN(C(=O)C(=O)c3c[nH]c4c(-n5ccnn5)ncc(F)c34)CC2)c(-c2ccccc2)n1.CCOC(=O)Cn1cc(N2CCN(C(=O)OC(C)(C)C)CC2)c(-c2ccccc2)n1.CCOC(=O)Cn1cc(N2CCNCC2)c(-c2ccccc2)n1.O=C(O)C(=O)c1c[nH]c2c(-n3ccnn3)ncc(F)c12. The zero-order chi connectivity index (χ0) is 104. The van der Waals surface area contributed by atoms with Gasteiger partial charge < -0.3 is 83.1 Å². The molecule has 4 aliphatic rings. The zero-order valence-electron chi connectivity index (χ0n) is 82.4. The maximum atomic E-state index is 14.9. The number of nitrogens with one attached hydrogen (secondary N) is 4. The number of hydrogen-bond donors (Lipinski definition) is 5. The summed E-state index contributed by atoms with van der Waals surface area (Å²) in [4.78, 5) is 147. The van der Waals surface area contributed by atoms with Crippen molar-refractivity contribution in [2.45, 2.75) is 115 Å². The van der Waals surface area contributed by atoms with E-state index in [9.17, 15) is 56.7 Å². The first-order valence-corrected chi connectivity index (χ1v) is 48.4. The van der Waals surface area contributed by atoms with Crippen molar-refractivity contribution in [2.24, 2.45) is 0 Å². The van der Waals surface area contributed by atoms with Crippen LogP contribution in [0.25, 0.3) is 78.5 Å². The van der Waals surface area contributed by atoms with Crippen LogP contribution in [0.5, 0.6) is 0 Å². The first-order valence-electron chi connectivity index (χ1n) is 47.3. The number of esters is 4. The number of carbonyl (C=O) groups excluding carboxylic acids is 9. The van der Waals surface area contributed by atoms with Crippen LogP contribution in [-0.2, 0) is 76.8 Å². The van der Waals surface area contributed by atoms with Crippen molar-refractivity contribution in [2.75, 3.05) is 156 Å². The summed E-state index contributed by atoms with van der Waals surface area (Å²) in [6.45, 7) is 30.4. The number of benzene rings is 4. The number of amides is 3. The van der Waals surface area contributed by atoms with Gasteiger partial charge in [0.2, 0.25) is 0 Å². The van der Waals surface area contributed by atoms with E-state index in [2.05, 4.69) is 124 Å². The largest absolute Gasteiger partial charge is 0.475 e. The average molecular weight is 2100 g/mol. The van der Waals surface area contributed by atoms with Crippen LogP contribution >= 0.6 is 15.9 Å². The third kappa shape index (κ3) is 29.5. The van der Waals surface area contributed by atoms with Gasteiger partial charge in [-0.05, 0) is 69.2 Å². The normalized spacial score (nSPS) is 13.4. The summed E-state index contributed by atoms with van der Waals surface area (Å²) in [7, 11) is 0. The van der Waals surface area contributed by atoms with Crippen LogP contribution in [0.3, 0.4) is 0 Å². The molecular formula is C102H123BrF2N26O17. The number of aliphatic carboxylic acids is 1. The number of carbonyl (C=O) groups is 10. The number of fused-ring (bicyclic) bond motifs is 2. The first-order chi connectivity index (χ1) is 70.3. The molecule has 0 spiro atoms. The molecule has 0 unspecified atom stereocenters. The van der Waals surface area contributed by atoms with Crippen LogP contribution in [0.15, 0.2) is 196 Å². The lowest BCUT2D eigenvalue weighted by Gasteiger charge is -2.36. The van der Waals surface area contributed by atoms with E-state index in [0.717, 1.165) is 120 Å². The van der Waals surface area contributed by atoms with Crippen LogP contribution in [0.4, 0.5) is 41.1 Å². The molecule has 0 bridgehead atoms. The molecule has 0 radical (unpaired) electrons. The quantitative estimate of drug-likeness (QED) is 0.0117. The molecule has 0 atom stereocenters. The number of alkyl halides is 1. The second-order valence-corrected chi connectivity index (χ2v) is 35.5. The molecule has 784 valence electrons. The standard InChI is InChI=1S/C28H26FN9O4.C22H30N4O4.C18H24N4O2.C17H22N4O2.C11H6FN5O3.C4H7BrO2.2CH4/c1-2-42-22(39)17-37-16-21(24(33-37)18-6-4-3-5-7-18)35-10-12-36(13-11-35)28(41)26(40)19-14-30-25-23(19)20(29)15-31-27(25)38-9-8-32-34-38;1-5-29-19(27)16-26-15-18(20(23-26)17-9-7-6-8-10-17)24-11-13-25(14-12-24)21(28)30-22(2,3)4;1-18(2,3)24-17(23)22-11-9-21(10-12-22)15-13-19-20-16(15)14-7-5-4-6-8-14;1-2-23-16(22)13-21-12-15(20-10-8-18-9-11-20)17(19-21)14-6-4-3-5-7-14;12-6-4-14-10(17-2-1-15-16-17)8-7(6)5(3-13-8)9(18)11(19)20;1-2-7-4(6)3-5;;/h3-9,14-16,30H,2,10-13,17H2,1H3;6-10,15H,5,11-14,16H2,1-4H3;4-8,13H,9-12H2,1-3H3,(H,19,20);3-7,12,18H,2,8-11,13H2,1H3;1-4,13H,(H,19,20);2-3H2,1H3;2*1H4. The van der Waals surface area contributed by atoms with Gasteiger partial charge in [-0.2, -0.15) is 20.4 Å². The number of rotatable bonds is 25. The Morgan fingerprint density at radius 2 is 0.764 bits per heavy atom. The number of aromatic nitrogens is 18. The summed E-state index contributed by atoms with van der Waals surface area (Å²) in [6.07, 6.45) is 17.1. The van der Waals surface area contributed by atoms with E-state index in [4.69, 9.17) is 28.8 Å². The first kappa shape index (κ1) is 112. The van der Waals surface area contributed by atoms with Gasteiger partial charge in [0, 0.05) is 158 Å². The van der Waals surface area contributed by atoms with Crippen LogP contribution in [0.1, 0.15) is 105 Å². The highest BCUT2D eigenvalue weighted by molar-refractivity contribution is 9.09. The monoisotopic (exact) mass is 2100 g/mol. The number of piperazine rings is 4. The molecule has 10 aromatic heterocycles. The molecule has 46 heteroatoms. The number of halogens is 3. The Hall–Kier alpha value is -16.4. The van der Waals surface area contributed by atoms with Crippen LogP contribution < -0.4 is 24.9 Å². The molecule has 14 heterocycles. The fraction of sp³-hybridized carbons (Fsp3) is 0.373. The van der Waals surface area contributed by atoms with Gasteiger partial charge in [0.25, 0.3) is 17.5 Å². The molecule has 4 aromatic carbocycles. The number of anilines is 4. The predicted molar refractivity (Wildman–Crippen MR) is 553 cm³/mol. The maximum absolute atomic E-state index is 14.9. The van der Waals surface area contributed by atoms with E-state index in [1.165, 1.54) is 45.2 Å². The highest BCUT2D eigenvalue weighted by Gasteiger charge is 2.35. The Kier molecular flexibility index (Phi) is 40.0. The number of ether oxygens (including phenoxy) is 6. The Bertz CT molecular complexity index is 6740. The van der Waals surface area contributed by atoms with Crippen molar-refractivity contribution >= 4 is 120 Å². The molecule has 18 rings (SSSR count). The molecule has 0 saturated carbocycles. The maximum Gasteiger partial charge on any atom is 0.410 e. The average Bonchev–Trinajstić information content (AvgIpc) is 1.61. The number of aromatic amines is 3. The zero-order valence-corrected chi connectivity index (χ0v) is 84.0. The third-order valence-electron chi connectivity index (χ3n) is 22.6. The number of carboxylic acid groups (broad SMARTS) is 1. The van der Waals surface area contributed by atoms with Gasteiger partial charge in [-0.1, -0.05) is 163 Å². The van der Waals surface area contributed by atoms with E-state index >= 15 is 0 Å². The summed E-state index contributed by atoms with van der Waals surface area (Å²) >= 11 is 2.94. The number of nitrogens with zero attached hydrogens (tertiary/aromatic N) is 22. The lowest BCUT2D eigenvalue weighted by molar-refractivity contribution is -0.145. The second-order valence-electron chi connectivity index (χ2n) is 35.0. The number of Topliss-reactive ketones (excluding diaryl/α,β-unsaturated/α-hetero) is 2. The van der Waals surface area contributed by atoms with Gasteiger partial charge in [0.05, 0.1) is 131 Å². The van der Waals surface area contributed by atoms with Crippen LogP contribution in [-0.4, -0.2) is 316 Å². The summed E-state index contributed by atoms with van der Waals surface area (Å²) in [6, 6.07) is 39.7. The Morgan fingerprint density at radius 3 is 1.09 bits per heavy atom. The topological polar surface area (TPSA) is 482 Å².